The van der Waals surface area contributed by atoms with Crippen LogP contribution < -0.4 is 5.73 Å². The highest BCUT2D eigenvalue weighted by Crippen LogP contribution is 2.52. The molecule has 1 heteroatoms. The molecular weight excluding hydrogens is 518 g/mol. The largest absolute Gasteiger partial charge is 0.405 e. The van der Waals surface area contributed by atoms with E-state index in [4.69, 9.17) is 5.73 Å². The van der Waals surface area contributed by atoms with Gasteiger partial charge in [0.25, 0.3) is 0 Å². The molecule has 5 atom stereocenters. The highest BCUT2D eigenvalue weighted by Gasteiger charge is 2.38. The van der Waals surface area contributed by atoms with Crippen molar-refractivity contribution in [1.29, 1.82) is 0 Å². The van der Waals surface area contributed by atoms with Crippen LogP contribution in [0.1, 0.15) is 52.1 Å². The summed E-state index contributed by atoms with van der Waals surface area (Å²) in [4.78, 5) is 0. The van der Waals surface area contributed by atoms with Crippen molar-refractivity contribution in [3.8, 4) is 11.1 Å². The molecule has 0 bridgehead atoms. The monoisotopic (exact) mass is 555 g/mol. The molecule has 43 heavy (non-hydrogen) atoms. The Kier molecular flexibility index (Phi) is 6.41. The summed E-state index contributed by atoms with van der Waals surface area (Å²) >= 11 is 0. The van der Waals surface area contributed by atoms with E-state index in [1.54, 1.807) is 6.20 Å². The first kappa shape index (κ1) is 26.0. The number of benzene rings is 4. The summed E-state index contributed by atoms with van der Waals surface area (Å²) in [5.41, 5.74) is 18.6. The maximum atomic E-state index is 5.98. The Hall–Kier alpha value is -4.62. The Morgan fingerprint density at radius 2 is 1.40 bits per heavy atom. The first-order valence-corrected chi connectivity index (χ1v) is 15.8. The Balaban J connectivity index is 1.26. The summed E-state index contributed by atoms with van der Waals surface area (Å²) in [6.45, 7) is 2.28. The van der Waals surface area contributed by atoms with E-state index >= 15 is 0 Å². The molecule has 210 valence electrons. The molecule has 0 aromatic heterocycles. The third-order valence-corrected chi connectivity index (χ3v) is 10.3. The lowest BCUT2D eigenvalue weighted by Crippen LogP contribution is -2.29. The second-order valence-corrected chi connectivity index (χ2v) is 12.4. The summed E-state index contributed by atoms with van der Waals surface area (Å²) in [6.07, 6.45) is 27.6. The molecule has 8 rings (SSSR count). The van der Waals surface area contributed by atoms with Gasteiger partial charge in [0.1, 0.15) is 0 Å². The van der Waals surface area contributed by atoms with Crippen LogP contribution in [0.4, 0.5) is 0 Å². The number of fused-ring (bicyclic) bond motifs is 11. The van der Waals surface area contributed by atoms with E-state index < -0.39 is 0 Å². The Labute approximate surface area is 255 Å². The quantitative estimate of drug-likeness (QED) is 0.267. The fourth-order valence-corrected chi connectivity index (χ4v) is 8.44. The van der Waals surface area contributed by atoms with Gasteiger partial charge in [0.2, 0.25) is 0 Å². The normalized spacial score (nSPS) is 24.9. The van der Waals surface area contributed by atoms with E-state index in [1.165, 1.54) is 60.9 Å². The molecule has 0 saturated carbocycles. The molecule has 0 fully saturated rings. The second-order valence-electron chi connectivity index (χ2n) is 12.4. The maximum absolute atomic E-state index is 5.98. The van der Waals surface area contributed by atoms with Crippen molar-refractivity contribution in [2.75, 3.05) is 0 Å². The van der Waals surface area contributed by atoms with E-state index in [-0.39, 0.29) is 0 Å². The summed E-state index contributed by atoms with van der Waals surface area (Å²) in [7, 11) is 0. The Bertz CT molecular complexity index is 1930. The van der Waals surface area contributed by atoms with Gasteiger partial charge in [-0.3, -0.25) is 0 Å². The van der Waals surface area contributed by atoms with Gasteiger partial charge >= 0.3 is 0 Å². The number of allylic oxidation sites excluding steroid dienone is 9. The molecule has 0 radical (unpaired) electrons. The molecule has 1 nitrogen and oxygen atoms in total. The lowest BCUT2D eigenvalue weighted by molar-refractivity contribution is 0.395. The van der Waals surface area contributed by atoms with Crippen LogP contribution in [0.2, 0.25) is 0 Å². The van der Waals surface area contributed by atoms with Crippen LogP contribution in [-0.2, 0) is 12.8 Å². The molecule has 4 aliphatic carbocycles. The maximum Gasteiger partial charge on any atom is 0.00990 e. The smallest absolute Gasteiger partial charge is 0.00990 e. The molecule has 4 aliphatic rings. The molecule has 4 aromatic carbocycles. The number of nitrogens with two attached hydrogens (primary N) is 1. The third kappa shape index (κ3) is 4.13. The van der Waals surface area contributed by atoms with Crippen LogP contribution in [-0.4, -0.2) is 0 Å². The van der Waals surface area contributed by atoms with Crippen molar-refractivity contribution in [1.82, 2.24) is 0 Å². The van der Waals surface area contributed by atoms with E-state index in [9.17, 15) is 0 Å². The summed E-state index contributed by atoms with van der Waals surface area (Å²) in [5, 5.41) is 2.61. The molecule has 0 spiro atoms. The number of hydrogen-bond donors (Lipinski definition) is 1. The molecule has 4 aromatic rings. The van der Waals surface area contributed by atoms with E-state index in [2.05, 4.69) is 140 Å². The van der Waals surface area contributed by atoms with Crippen LogP contribution in [0.5, 0.6) is 0 Å². The van der Waals surface area contributed by atoms with Crippen molar-refractivity contribution >= 4 is 22.9 Å². The van der Waals surface area contributed by atoms with Crippen LogP contribution in [0.3, 0.4) is 0 Å². The van der Waals surface area contributed by atoms with Crippen LogP contribution in [0.25, 0.3) is 34.1 Å². The van der Waals surface area contributed by atoms with Crippen molar-refractivity contribution in [3.05, 3.63) is 167 Å². The van der Waals surface area contributed by atoms with Gasteiger partial charge in [-0.1, -0.05) is 134 Å². The van der Waals surface area contributed by atoms with E-state index in [0.29, 0.717) is 29.6 Å². The van der Waals surface area contributed by atoms with Gasteiger partial charge in [0, 0.05) is 17.8 Å². The van der Waals surface area contributed by atoms with E-state index in [1.807, 2.05) is 0 Å². The van der Waals surface area contributed by atoms with Gasteiger partial charge < -0.3 is 5.73 Å². The predicted octanol–water partition coefficient (Wildman–Crippen LogP) is 9.92. The van der Waals surface area contributed by atoms with Gasteiger partial charge in [-0.25, -0.2) is 0 Å². The summed E-state index contributed by atoms with van der Waals surface area (Å²) in [6, 6.07) is 27.0. The van der Waals surface area contributed by atoms with Gasteiger partial charge in [0.05, 0.1) is 0 Å². The molecule has 2 N–H and O–H groups in total. The predicted molar refractivity (Wildman–Crippen MR) is 183 cm³/mol. The Morgan fingerprint density at radius 3 is 2.16 bits per heavy atom. The average molecular weight is 556 g/mol. The minimum atomic E-state index is 0.320. The fourth-order valence-electron chi connectivity index (χ4n) is 8.44. The van der Waals surface area contributed by atoms with Gasteiger partial charge in [-0.05, 0) is 97.8 Å². The molecule has 0 saturated heterocycles. The van der Waals surface area contributed by atoms with Crippen LogP contribution in [0, 0.1) is 17.8 Å². The van der Waals surface area contributed by atoms with Crippen LogP contribution >= 0.6 is 0 Å². The zero-order chi connectivity index (χ0) is 28.9. The fraction of sp³-hybridized carbons (Fsp3) is 0.190. The molecule has 5 unspecified atom stereocenters. The van der Waals surface area contributed by atoms with Crippen LogP contribution in [0.15, 0.2) is 133 Å². The second kappa shape index (κ2) is 10.6. The summed E-state index contributed by atoms with van der Waals surface area (Å²) in [5.74, 6) is 1.86. The first-order valence-electron chi connectivity index (χ1n) is 15.8. The van der Waals surface area contributed by atoms with Crippen molar-refractivity contribution in [2.24, 2.45) is 23.5 Å². The minimum Gasteiger partial charge on any atom is -0.405 e. The van der Waals surface area contributed by atoms with Gasteiger partial charge in [0.15, 0.2) is 0 Å². The molecular formula is C42H37N. The first-order chi connectivity index (χ1) is 21.3. The zero-order valence-corrected chi connectivity index (χ0v) is 24.7. The minimum absolute atomic E-state index is 0.320. The Morgan fingerprint density at radius 1 is 0.721 bits per heavy atom. The average Bonchev–Trinajstić information content (AvgIpc) is 3.07. The van der Waals surface area contributed by atoms with Gasteiger partial charge in [-0.15, -0.1) is 0 Å². The standard InChI is InChI=1S/C42H37N/c1-2-29-40(23-24-43)36-17-8-7-16-35(36)38-21-19-27(25-41(29)38)28-20-22-39-34-15-6-5-13-32(34)30-11-3-4-12-31(30)33-14-9-10-18-37(33)42(39)26-28/h3-24,26-27,32,34,39,42H,2,25,43H2,1H3/b24-23-. The zero-order valence-electron chi connectivity index (χ0n) is 24.7. The highest BCUT2D eigenvalue weighted by atomic mass is 14.5. The molecule has 0 heterocycles. The van der Waals surface area contributed by atoms with Crippen molar-refractivity contribution in [2.45, 2.75) is 31.6 Å². The van der Waals surface area contributed by atoms with Crippen molar-refractivity contribution < 1.29 is 0 Å². The summed E-state index contributed by atoms with van der Waals surface area (Å²) < 4.78 is 0. The highest BCUT2D eigenvalue weighted by molar-refractivity contribution is 5.99. The lowest BCUT2D eigenvalue weighted by Gasteiger charge is -2.40. The van der Waals surface area contributed by atoms with E-state index in [0.717, 1.165) is 12.8 Å². The van der Waals surface area contributed by atoms with Gasteiger partial charge in [-0.2, -0.15) is 0 Å². The number of hydrogen-bond acceptors (Lipinski definition) is 1. The third-order valence-electron chi connectivity index (χ3n) is 10.3. The number of rotatable bonds is 3. The molecule has 0 amide bonds. The SMILES string of the molecule is CCc1c2c(c3ccccc3c1/C=C\N)C=CC(C1=CC3c4ccccc4-c4ccccc4C4C=CC=CC4C3C=C1)C2. The topological polar surface area (TPSA) is 26.0 Å². The lowest BCUT2D eigenvalue weighted by atomic mass is 9.63. The van der Waals surface area contributed by atoms with Crippen molar-refractivity contribution in [3.63, 3.8) is 0 Å². The molecule has 0 aliphatic heterocycles.